The van der Waals surface area contributed by atoms with E-state index in [1.165, 1.54) is 0 Å². The lowest BCUT2D eigenvalue weighted by molar-refractivity contribution is 0.111. The zero-order valence-corrected chi connectivity index (χ0v) is 7.48. The number of carbonyl (C=O) groups excluding carboxylic acids is 1. The smallest absolute Gasteiger partial charge is 0.154 e. The lowest BCUT2D eigenvalue weighted by Crippen LogP contribution is -1.92. The van der Waals surface area contributed by atoms with E-state index in [0.29, 0.717) is 16.3 Å². The van der Waals surface area contributed by atoms with Crippen LogP contribution in [-0.4, -0.2) is 6.29 Å². The fourth-order valence-electron chi connectivity index (χ4n) is 0.786. The molecule has 0 radical (unpaired) electrons. The molecule has 1 nitrogen and oxygen atoms in total. The first-order chi connectivity index (χ1) is 5.16. The van der Waals surface area contributed by atoms with E-state index in [9.17, 15) is 9.18 Å². The second-order valence-electron chi connectivity index (χ2n) is 2.21. The molecule has 0 spiro atoms. The van der Waals surface area contributed by atoms with Crippen molar-refractivity contribution in [1.82, 2.24) is 0 Å². The molecule has 1 aromatic carbocycles. The summed E-state index contributed by atoms with van der Waals surface area (Å²) in [6.45, 7) is 1.62. The van der Waals surface area contributed by atoms with E-state index in [1.807, 2.05) is 0 Å². The summed E-state index contributed by atoms with van der Waals surface area (Å²) < 4.78 is 13.5. The van der Waals surface area contributed by atoms with Crippen LogP contribution >= 0.6 is 15.9 Å². The van der Waals surface area contributed by atoms with Crippen LogP contribution in [0.2, 0.25) is 0 Å². The summed E-state index contributed by atoms with van der Waals surface area (Å²) in [6.07, 6.45) is 0.506. The van der Waals surface area contributed by atoms with Gasteiger partial charge in [0, 0.05) is 4.47 Å². The first-order valence-corrected chi connectivity index (χ1v) is 3.86. The molecule has 0 saturated heterocycles. The molecule has 0 aliphatic carbocycles. The summed E-state index contributed by atoms with van der Waals surface area (Å²) in [4.78, 5) is 10.3. The number of rotatable bonds is 1. The number of benzene rings is 1. The van der Waals surface area contributed by atoms with Gasteiger partial charge in [0.05, 0.1) is 5.56 Å². The van der Waals surface area contributed by atoms with Crippen molar-refractivity contribution in [3.8, 4) is 0 Å². The van der Waals surface area contributed by atoms with Crippen LogP contribution in [0.25, 0.3) is 0 Å². The second-order valence-corrected chi connectivity index (χ2v) is 3.06. The average Bonchev–Trinajstić information content (AvgIpc) is 1.99. The quantitative estimate of drug-likeness (QED) is 0.661. The highest BCUT2D eigenvalue weighted by Crippen LogP contribution is 2.20. The average molecular weight is 217 g/mol. The molecule has 0 saturated carbocycles. The van der Waals surface area contributed by atoms with Crippen molar-refractivity contribution in [2.75, 3.05) is 0 Å². The molecule has 0 aliphatic rings. The monoisotopic (exact) mass is 216 g/mol. The SMILES string of the molecule is Cc1ccc(Br)c(C=O)c1F. The predicted octanol–water partition coefficient (Wildman–Crippen LogP) is 2.71. The molecule has 0 unspecified atom stereocenters. The van der Waals surface area contributed by atoms with Gasteiger partial charge in [-0.2, -0.15) is 0 Å². The van der Waals surface area contributed by atoms with Crippen LogP contribution in [-0.2, 0) is 0 Å². The Labute approximate surface area is 72.4 Å². The van der Waals surface area contributed by atoms with Gasteiger partial charge >= 0.3 is 0 Å². The van der Waals surface area contributed by atoms with Crippen molar-refractivity contribution in [2.24, 2.45) is 0 Å². The Hall–Kier alpha value is -0.700. The van der Waals surface area contributed by atoms with Gasteiger partial charge in [-0.3, -0.25) is 4.79 Å². The third kappa shape index (κ3) is 1.48. The normalized spacial score (nSPS) is 9.73. The molecule has 0 fully saturated rings. The van der Waals surface area contributed by atoms with Crippen molar-refractivity contribution in [3.05, 3.63) is 33.5 Å². The molecule has 0 bridgehead atoms. The maximum Gasteiger partial charge on any atom is 0.154 e. The molecule has 0 amide bonds. The lowest BCUT2D eigenvalue weighted by atomic mass is 10.1. The highest BCUT2D eigenvalue weighted by atomic mass is 79.9. The van der Waals surface area contributed by atoms with Crippen LogP contribution in [0.1, 0.15) is 15.9 Å². The highest BCUT2D eigenvalue weighted by molar-refractivity contribution is 9.10. The first-order valence-electron chi connectivity index (χ1n) is 3.06. The molecule has 11 heavy (non-hydrogen) atoms. The van der Waals surface area contributed by atoms with Crippen molar-refractivity contribution in [3.63, 3.8) is 0 Å². The molecule has 0 aromatic heterocycles. The van der Waals surface area contributed by atoms with Crippen LogP contribution in [0.15, 0.2) is 16.6 Å². The predicted molar refractivity (Wildman–Crippen MR) is 44.2 cm³/mol. The molecule has 1 aromatic rings. The number of aryl methyl sites for hydroxylation is 1. The molecular weight excluding hydrogens is 211 g/mol. The maximum atomic E-state index is 13.0. The molecule has 0 heterocycles. The van der Waals surface area contributed by atoms with Gasteiger partial charge in [0.2, 0.25) is 0 Å². The third-order valence-corrected chi connectivity index (χ3v) is 2.13. The van der Waals surface area contributed by atoms with Gasteiger partial charge in [0.25, 0.3) is 0 Å². The number of aldehydes is 1. The van der Waals surface area contributed by atoms with Gasteiger partial charge in [-0.05, 0) is 34.5 Å². The van der Waals surface area contributed by atoms with Crippen LogP contribution in [0.3, 0.4) is 0 Å². The van der Waals surface area contributed by atoms with Gasteiger partial charge in [-0.15, -0.1) is 0 Å². The summed E-state index contributed by atoms with van der Waals surface area (Å²) in [5.41, 5.74) is 0.570. The minimum atomic E-state index is -0.450. The van der Waals surface area contributed by atoms with E-state index < -0.39 is 5.82 Å². The van der Waals surface area contributed by atoms with Crippen molar-refractivity contribution >= 4 is 22.2 Å². The first kappa shape index (κ1) is 8.40. The number of carbonyl (C=O) groups is 1. The van der Waals surface area contributed by atoms with Gasteiger partial charge < -0.3 is 0 Å². The zero-order valence-electron chi connectivity index (χ0n) is 5.90. The van der Waals surface area contributed by atoms with Gasteiger partial charge in [0.15, 0.2) is 6.29 Å². The van der Waals surface area contributed by atoms with Gasteiger partial charge in [-0.25, -0.2) is 4.39 Å². The van der Waals surface area contributed by atoms with Crippen LogP contribution in [0.4, 0.5) is 4.39 Å². The van der Waals surface area contributed by atoms with Gasteiger partial charge in [0.1, 0.15) is 5.82 Å². The van der Waals surface area contributed by atoms with Crippen LogP contribution < -0.4 is 0 Å². The molecule has 58 valence electrons. The Morgan fingerprint density at radius 2 is 2.18 bits per heavy atom. The van der Waals surface area contributed by atoms with Crippen molar-refractivity contribution < 1.29 is 9.18 Å². The second kappa shape index (κ2) is 3.13. The summed E-state index contributed by atoms with van der Waals surface area (Å²) in [5, 5.41) is 0. The molecule has 0 aliphatic heterocycles. The number of hydrogen-bond acceptors (Lipinski definition) is 1. The summed E-state index contributed by atoms with van der Waals surface area (Å²) in [5.74, 6) is -0.450. The molecule has 3 heteroatoms. The summed E-state index contributed by atoms with van der Waals surface area (Å²) >= 11 is 3.07. The van der Waals surface area contributed by atoms with E-state index >= 15 is 0 Å². The largest absolute Gasteiger partial charge is 0.298 e. The standard InChI is InChI=1S/C8H6BrFO/c1-5-2-3-7(9)6(4-11)8(5)10/h2-4H,1H3. The van der Waals surface area contributed by atoms with Crippen LogP contribution in [0, 0.1) is 12.7 Å². The highest BCUT2D eigenvalue weighted by Gasteiger charge is 2.07. The van der Waals surface area contributed by atoms with E-state index in [1.54, 1.807) is 19.1 Å². The van der Waals surface area contributed by atoms with E-state index in [2.05, 4.69) is 15.9 Å². The van der Waals surface area contributed by atoms with Crippen molar-refractivity contribution in [1.29, 1.82) is 0 Å². The molecule has 0 atom stereocenters. The lowest BCUT2D eigenvalue weighted by Gasteiger charge is -2.00. The number of halogens is 2. The maximum absolute atomic E-state index is 13.0. The Morgan fingerprint density at radius 1 is 1.55 bits per heavy atom. The summed E-state index contributed by atoms with van der Waals surface area (Å²) in [7, 11) is 0. The minimum Gasteiger partial charge on any atom is -0.298 e. The molecule has 0 N–H and O–H groups in total. The Bertz CT molecular complexity index is 296. The zero-order chi connectivity index (χ0) is 8.43. The van der Waals surface area contributed by atoms with Gasteiger partial charge in [-0.1, -0.05) is 6.07 Å². The van der Waals surface area contributed by atoms with E-state index in [4.69, 9.17) is 0 Å². The molecule has 1 rings (SSSR count). The van der Waals surface area contributed by atoms with E-state index in [0.717, 1.165) is 0 Å². The topological polar surface area (TPSA) is 17.1 Å². The van der Waals surface area contributed by atoms with E-state index in [-0.39, 0.29) is 5.56 Å². The number of hydrogen-bond donors (Lipinski definition) is 0. The molecular formula is C8H6BrFO. The Morgan fingerprint density at radius 3 is 2.64 bits per heavy atom. The Balaban J connectivity index is 3.40. The Kier molecular flexibility index (Phi) is 2.39. The fourth-order valence-corrected chi connectivity index (χ4v) is 1.19. The van der Waals surface area contributed by atoms with Crippen molar-refractivity contribution in [2.45, 2.75) is 6.92 Å². The third-order valence-electron chi connectivity index (χ3n) is 1.44. The summed E-state index contributed by atoms with van der Waals surface area (Å²) in [6, 6.07) is 3.27. The minimum absolute atomic E-state index is 0.0880. The fraction of sp³-hybridized carbons (Fsp3) is 0.125. The van der Waals surface area contributed by atoms with Crippen LogP contribution in [0.5, 0.6) is 0 Å².